The van der Waals surface area contributed by atoms with E-state index in [1.54, 1.807) is 43.5 Å². The van der Waals surface area contributed by atoms with E-state index in [2.05, 4.69) is 10.2 Å². The van der Waals surface area contributed by atoms with Crippen LogP contribution >= 0.6 is 0 Å². The summed E-state index contributed by atoms with van der Waals surface area (Å²) >= 11 is 0. The minimum absolute atomic E-state index is 0.130. The number of carbonyl (C=O) groups excluding carboxylic acids is 1. The molecule has 2 aromatic rings. The molecule has 0 bridgehead atoms. The van der Waals surface area contributed by atoms with Crippen molar-refractivity contribution < 1.29 is 27.4 Å². The number of morpholine rings is 1. The molecule has 0 unspecified atom stereocenters. The summed E-state index contributed by atoms with van der Waals surface area (Å²) in [5.41, 5.74) is 1.53. The minimum atomic E-state index is -3.72. The third-order valence-corrected chi connectivity index (χ3v) is 7.50. The third-order valence-electron chi connectivity index (χ3n) is 5.60. The molecule has 9 nitrogen and oxygen atoms in total. The molecule has 0 saturated carbocycles. The lowest BCUT2D eigenvalue weighted by Gasteiger charge is -2.28. The lowest BCUT2D eigenvalue weighted by atomic mass is 10.1. The Labute approximate surface area is 201 Å². The van der Waals surface area contributed by atoms with Gasteiger partial charge in [0.1, 0.15) is 12.4 Å². The molecule has 1 amide bonds. The summed E-state index contributed by atoms with van der Waals surface area (Å²) < 4.78 is 43.9. The number of carbonyl (C=O) groups is 1. The Bertz CT molecular complexity index is 1070. The minimum Gasteiger partial charge on any atom is -0.490 e. The highest BCUT2D eigenvalue weighted by Gasteiger charge is 2.28. The summed E-state index contributed by atoms with van der Waals surface area (Å²) in [6.07, 6.45) is 0. The van der Waals surface area contributed by atoms with Crippen LogP contribution in [0.1, 0.15) is 24.2 Å². The first-order valence-corrected chi connectivity index (χ1v) is 12.8. The van der Waals surface area contributed by atoms with E-state index in [4.69, 9.17) is 14.2 Å². The normalized spacial score (nSPS) is 14.6. The van der Waals surface area contributed by atoms with E-state index in [0.717, 1.165) is 5.69 Å². The first-order valence-electron chi connectivity index (χ1n) is 11.4. The second-order valence-corrected chi connectivity index (χ2v) is 9.60. The number of anilines is 2. The maximum absolute atomic E-state index is 13.3. The van der Waals surface area contributed by atoms with Crippen molar-refractivity contribution in [1.29, 1.82) is 0 Å². The monoisotopic (exact) mass is 491 g/mol. The number of hydrogen-bond donors (Lipinski definition) is 1. The molecule has 2 aromatic carbocycles. The molecule has 10 heteroatoms. The van der Waals surface area contributed by atoms with E-state index in [1.165, 1.54) is 10.4 Å². The summed E-state index contributed by atoms with van der Waals surface area (Å²) in [5.74, 6) is 0.0425. The van der Waals surface area contributed by atoms with Gasteiger partial charge in [-0.25, -0.2) is 8.42 Å². The molecular formula is C24H33N3O6S. The Morgan fingerprint density at radius 1 is 1.09 bits per heavy atom. The van der Waals surface area contributed by atoms with Crippen LogP contribution in [0.2, 0.25) is 0 Å². The Morgan fingerprint density at radius 3 is 2.47 bits per heavy atom. The third kappa shape index (κ3) is 6.06. The largest absolute Gasteiger partial charge is 0.490 e. The molecule has 1 N–H and O–H groups in total. The van der Waals surface area contributed by atoms with E-state index in [1.807, 2.05) is 13.8 Å². The van der Waals surface area contributed by atoms with Crippen LogP contribution in [0.5, 0.6) is 5.75 Å². The zero-order valence-electron chi connectivity index (χ0n) is 20.0. The fourth-order valence-electron chi connectivity index (χ4n) is 3.76. The molecule has 0 aromatic heterocycles. The van der Waals surface area contributed by atoms with Crippen LogP contribution in [0.4, 0.5) is 11.4 Å². The van der Waals surface area contributed by atoms with Crippen LogP contribution in [0.15, 0.2) is 47.4 Å². The summed E-state index contributed by atoms with van der Waals surface area (Å²) in [6, 6.07) is 11.8. The molecule has 186 valence electrons. The van der Waals surface area contributed by atoms with Gasteiger partial charge in [-0.05, 0) is 44.2 Å². The Balaban J connectivity index is 1.95. The van der Waals surface area contributed by atoms with E-state index >= 15 is 0 Å². The van der Waals surface area contributed by atoms with Crippen molar-refractivity contribution in [3.05, 3.63) is 48.0 Å². The van der Waals surface area contributed by atoms with Gasteiger partial charge in [0.05, 0.1) is 41.7 Å². The summed E-state index contributed by atoms with van der Waals surface area (Å²) in [6.45, 7) is 7.43. The summed E-state index contributed by atoms with van der Waals surface area (Å²) in [5, 5.41) is 2.92. The van der Waals surface area contributed by atoms with Crippen LogP contribution in [0.3, 0.4) is 0 Å². The molecule has 0 atom stereocenters. The smallest absolute Gasteiger partial charge is 0.259 e. The molecule has 1 heterocycles. The second kappa shape index (κ2) is 12.2. The number of amides is 1. The lowest BCUT2D eigenvalue weighted by Crippen LogP contribution is -2.40. The molecule has 1 saturated heterocycles. The zero-order valence-corrected chi connectivity index (χ0v) is 20.8. The van der Waals surface area contributed by atoms with Gasteiger partial charge in [-0.2, -0.15) is 4.31 Å². The molecule has 34 heavy (non-hydrogen) atoms. The highest BCUT2D eigenvalue weighted by molar-refractivity contribution is 7.89. The van der Waals surface area contributed by atoms with Crippen molar-refractivity contribution in [2.45, 2.75) is 18.7 Å². The molecule has 0 aliphatic carbocycles. The Hall–Kier alpha value is -2.66. The number of rotatable bonds is 11. The van der Waals surface area contributed by atoms with E-state index in [-0.39, 0.29) is 10.8 Å². The van der Waals surface area contributed by atoms with Gasteiger partial charge in [0.25, 0.3) is 5.91 Å². The number of nitrogens with zero attached hydrogens (tertiary/aromatic N) is 2. The number of sulfonamides is 1. The summed E-state index contributed by atoms with van der Waals surface area (Å²) in [4.78, 5) is 15.5. The van der Waals surface area contributed by atoms with Crippen molar-refractivity contribution in [2.24, 2.45) is 0 Å². The van der Waals surface area contributed by atoms with Gasteiger partial charge in [-0.15, -0.1) is 0 Å². The second-order valence-electron chi connectivity index (χ2n) is 7.66. The highest BCUT2D eigenvalue weighted by Crippen LogP contribution is 2.31. The maximum atomic E-state index is 13.3. The number of nitrogens with one attached hydrogen (secondary N) is 1. The molecule has 1 aliphatic heterocycles. The van der Waals surface area contributed by atoms with E-state index < -0.39 is 10.0 Å². The topological polar surface area (TPSA) is 97.4 Å². The van der Waals surface area contributed by atoms with Crippen LogP contribution < -0.4 is 15.0 Å². The van der Waals surface area contributed by atoms with Crippen molar-refractivity contribution in [3.63, 3.8) is 0 Å². The van der Waals surface area contributed by atoms with Crippen LogP contribution in [-0.2, 0) is 19.5 Å². The van der Waals surface area contributed by atoms with Gasteiger partial charge < -0.3 is 24.4 Å². The lowest BCUT2D eigenvalue weighted by molar-refractivity contribution is 0.0730. The zero-order chi connectivity index (χ0) is 24.6. The van der Waals surface area contributed by atoms with E-state index in [0.29, 0.717) is 69.6 Å². The predicted octanol–water partition coefficient (Wildman–Crippen LogP) is 2.83. The number of para-hydroxylation sites is 1. The van der Waals surface area contributed by atoms with Crippen LogP contribution in [-0.4, -0.2) is 78.3 Å². The van der Waals surface area contributed by atoms with Crippen molar-refractivity contribution >= 4 is 27.3 Å². The van der Waals surface area contributed by atoms with Gasteiger partial charge in [-0.3, -0.25) is 4.79 Å². The molecule has 0 radical (unpaired) electrons. The highest BCUT2D eigenvalue weighted by atomic mass is 32.2. The molecular weight excluding hydrogens is 458 g/mol. The van der Waals surface area contributed by atoms with Gasteiger partial charge in [0.15, 0.2) is 0 Å². The molecule has 3 rings (SSSR count). The van der Waals surface area contributed by atoms with Crippen LogP contribution in [0, 0.1) is 0 Å². The van der Waals surface area contributed by atoms with Gasteiger partial charge in [-0.1, -0.05) is 12.1 Å². The van der Waals surface area contributed by atoms with Gasteiger partial charge in [0, 0.05) is 33.3 Å². The van der Waals surface area contributed by atoms with E-state index in [9.17, 15) is 13.2 Å². The fourth-order valence-corrected chi connectivity index (χ4v) is 5.19. The molecule has 1 aliphatic rings. The standard InChI is InChI=1S/C24H33N3O6S/c1-4-26(5-2)22-11-10-19(34(29,30)27-12-14-32-15-13-27)18-21(22)25-24(28)20-8-6-7-9-23(20)33-17-16-31-3/h6-11,18H,4-5,12-17H2,1-3H3,(H,25,28). The SMILES string of the molecule is CCN(CC)c1ccc(S(=O)(=O)N2CCOCC2)cc1NC(=O)c1ccccc1OCCOC. The van der Waals surface area contributed by atoms with Crippen molar-refractivity contribution in [2.75, 3.05) is 69.9 Å². The number of hydrogen-bond acceptors (Lipinski definition) is 7. The van der Waals surface area contributed by atoms with Gasteiger partial charge >= 0.3 is 0 Å². The molecule has 0 spiro atoms. The number of methoxy groups -OCH3 is 1. The fraction of sp³-hybridized carbons (Fsp3) is 0.458. The van der Waals surface area contributed by atoms with Gasteiger partial charge in [0.2, 0.25) is 10.0 Å². The number of ether oxygens (including phenoxy) is 3. The van der Waals surface area contributed by atoms with Crippen molar-refractivity contribution in [1.82, 2.24) is 4.31 Å². The molecule has 1 fully saturated rings. The van der Waals surface area contributed by atoms with Crippen molar-refractivity contribution in [3.8, 4) is 5.75 Å². The summed E-state index contributed by atoms with van der Waals surface area (Å²) in [7, 11) is -2.14. The quantitative estimate of drug-likeness (QED) is 0.483. The van der Waals surface area contributed by atoms with Crippen LogP contribution in [0.25, 0.3) is 0 Å². The average molecular weight is 492 g/mol. The number of benzene rings is 2. The predicted molar refractivity (Wildman–Crippen MR) is 131 cm³/mol. The Kier molecular flexibility index (Phi) is 9.28. The average Bonchev–Trinajstić information content (AvgIpc) is 2.86. The maximum Gasteiger partial charge on any atom is 0.259 e. The first kappa shape index (κ1) is 26.0. The Morgan fingerprint density at radius 2 is 1.79 bits per heavy atom. The first-order chi connectivity index (χ1) is 16.4.